The van der Waals surface area contributed by atoms with Crippen LogP contribution in [0.4, 0.5) is 13.2 Å². The highest BCUT2D eigenvalue weighted by molar-refractivity contribution is 7.89. The van der Waals surface area contributed by atoms with Crippen molar-refractivity contribution in [3.05, 3.63) is 42.0 Å². The van der Waals surface area contributed by atoms with Gasteiger partial charge in [-0.05, 0) is 118 Å². The molecule has 240 valence electrons. The molecule has 5 fully saturated rings. The van der Waals surface area contributed by atoms with Crippen LogP contribution in [0.25, 0.3) is 0 Å². The van der Waals surface area contributed by atoms with E-state index in [1.54, 1.807) is 6.92 Å². The van der Waals surface area contributed by atoms with E-state index >= 15 is 0 Å². The van der Waals surface area contributed by atoms with Gasteiger partial charge in [0, 0.05) is 31.7 Å². The minimum absolute atomic E-state index is 0.0854. The average Bonchev–Trinajstić information content (AvgIpc) is 3.24. The highest BCUT2D eigenvalue weighted by Crippen LogP contribution is 2.67. The topological polar surface area (TPSA) is 60.9 Å². The number of sulfonamides is 1. The van der Waals surface area contributed by atoms with Crippen molar-refractivity contribution in [1.29, 1.82) is 0 Å². The van der Waals surface area contributed by atoms with Crippen LogP contribution in [0.3, 0.4) is 0 Å². The molecule has 6 rings (SSSR count). The predicted octanol–water partition coefficient (Wildman–Crippen LogP) is 7.12. The number of allylic oxidation sites excluding steroid dienone is 1. The lowest BCUT2D eigenvalue weighted by atomic mass is 9.44. The molecule has 4 saturated carbocycles. The minimum atomic E-state index is -4.76. The number of nitrogens with zero attached hydrogens (tertiary/aromatic N) is 2. The van der Waals surface area contributed by atoms with Crippen LogP contribution in [0.5, 0.6) is 0 Å². The van der Waals surface area contributed by atoms with Gasteiger partial charge < -0.3 is 5.11 Å². The molecule has 1 aromatic carbocycles. The van der Waals surface area contributed by atoms with Crippen molar-refractivity contribution < 1.29 is 26.7 Å². The highest BCUT2D eigenvalue weighted by Gasteiger charge is 2.60. The van der Waals surface area contributed by atoms with E-state index in [4.69, 9.17) is 0 Å². The zero-order valence-electron chi connectivity index (χ0n) is 26.2. The molecule has 0 bridgehead atoms. The van der Waals surface area contributed by atoms with Gasteiger partial charge in [0.1, 0.15) is 0 Å². The first-order valence-corrected chi connectivity index (χ1v) is 17.8. The second-order valence-electron chi connectivity index (χ2n) is 15.4. The molecule has 1 aliphatic heterocycles. The van der Waals surface area contributed by atoms with Crippen LogP contribution in [0.1, 0.15) is 91.0 Å². The minimum Gasteiger partial charge on any atom is -0.389 e. The van der Waals surface area contributed by atoms with Crippen LogP contribution >= 0.6 is 0 Å². The van der Waals surface area contributed by atoms with Crippen LogP contribution in [0, 0.1) is 34.5 Å². The summed E-state index contributed by atoms with van der Waals surface area (Å²) in [5.41, 5.74) is 0.0171. The first-order valence-electron chi connectivity index (χ1n) is 16.3. The largest absolute Gasteiger partial charge is 0.417 e. The number of aliphatic hydroxyl groups is 1. The van der Waals surface area contributed by atoms with Gasteiger partial charge in [0.2, 0.25) is 10.0 Å². The van der Waals surface area contributed by atoms with Crippen molar-refractivity contribution in [3.8, 4) is 0 Å². The molecular weight excluding hydrogens is 573 g/mol. The van der Waals surface area contributed by atoms with E-state index in [-0.39, 0.29) is 18.0 Å². The lowest BCUT2D eigenvalue weighted by molar-refractivity contribution is -0.153. The predicted molar refractivity (Wildman–Crippen MR) is 162 cm³/mol. The number of hydrogen-bond acceptors (Lipinski definition) is 4. The summed E-state index contributed by atoms with van der Waals surface area (Å²) in [6.45, 7) is 14.0. The maximum atomic E-state index is 13.7. The van der Waals surface area contributed by atoms with E-state index < -0.39 is 38.3 Å². The summed E-state index contributed by atoms with van der Waals surface area (Å²) in [7, 11) is -4.36. The number of β-amino-alcohol motifs (C(OH)–C–C–N with tert-alkyl or cyclic N) is 1. The van der Waals surface area contributed by atoms with Crippen molar-refractivity contribution in [3.63, 3.8) is 0 Å². The Hall–Kier alpha value is -1.42. The second kappa shape index (κ2) is 10.6. The molecule has 9 heteroatoms. The lowest BCUT2D eigenvalue weighted by Crippen LogP contribution is -2.62. The van der Waals surface area contributed by atoms with Gasteiger partial charge in [-0.1, -0.05) is 38.1 Å². The van der Waals surface area contributed by atoms with Crippen molar-refractivity contribution in [2.45, 2.75) is 114 Å². The summed E-state index contributed by atoms with van der Waals surface area (Å²) >= 11 is 0. The van der Waals surface area contributed by atoms with Crippen LogP contribution in [0.2, 0.25) is 0 Å². The fourth-order valence-electron chi connectivity index (χ4n) is 10.5. The molecule has 1 N–H and O–H groups in total. The summed E-state index contributed by atoms with van der Waals surface area (Å²) in [6, 6.07) is 3.67. The van der Waals surface area contributed by atoms with Gasteiger partial charge in [-0.15, -0.1) is 0 Å². The zero-order chi connectivity index (χ0) is 31.2. The normalized spacial score (nSPS) is 42.7. The Morgan fingerprint density at radius 1 is 0.977 bits per heavy atom. The summed E-state index contributed by atoms with van der Waals surface area (Å²) < 4.78 is 69.4. The van der Waals surface area contributed by atoms with Gasteiger partial charge in [-0.3, -0.25) is 4.90 Å². The summed E-state index contributed by atoms with van der Waals surface area (Å²) in [4.78, 5) is 1.47. The molecule has 2 unspecified atom stereocenters. The number of hydrogen-bond donors (Lipinski definition) is 1. The van der Waals surface area contributed by atoms with Gasteiger partial charge in [0.15, 0.2) is 0 Å². The second-order valence-corrected chi connectivity index (χ2v) is 17.2. The Balaban J connectivity index is 1.14. The van der Waals surface area contributed by atoms with Crippen LogP contribution in [-0.2, 0) is 16.2 Å². The molecule has 5 aliphatic rings. The molecule has 4 aliphatic carbocycles. The van der Waals surface area contributed by atoms with Crippen molar-refractivity contribution in [2.75, 3.05) is 19.6 Å². The molecule has 43 heavy (non-hydrogen) atoms. The van der Waals surface area contributed by atoms with Gasteiger partial charge in [0.05, 0.1) is 16.1 Å². The average molecular weight is 623 g/mol. The number of halogens is 3. The molecular formula is C34H49F3N2O3S. The number of fused-ring (bicyclic) bond motifs is 5. The van der Waals surface area contributed by atoms with Gasteiger partial charge >= 0.3 is 6.18 Å². The fraction of sp³-hybridized carbons (Fsp3) is 0.765. The first kappa shape index (κ1) is 31.6. The molecule has 0 radical (unpaired) electrons. The first-order chi connectivity index (χ1) is 20.0. The maximum Gasteiger partial charge on any atom is 0.417 e. The fourth-order valence-corrected chi connectivity index (χ4v) is 12.4. The number of piperazine rings is 1. The molecule has 9 atom stereocenters. The Bertz CT molecular complexity index is 1370. The van der Waals surface area contributed by atoms with E-state index in [0.29, 0.717) is 30.3 Å². The monoisotopic (exact) mass is 622 g/mol. The van der Waals surface area contributed by atoms with E-state index in [0.717, 1.165) is 49.7 Å². The standard InChI is InChI=1S/C34H49F3N2O3S/c1-22-10-13-27-26-12-11-25-18-33(40,17-16-32(25,5)28(26)14-15-31(22,27)4)21-38-19-24(3)39(20-23(38)2)43(41,42)30-9-7-6-8-29(30)34(35,36)37/h6-9,23-28,40H,1,10-21H2,2-5H3/t23?,24?,25-,26-,27-,28-,31+,32-,33+/m0/s1. The van der Waals surface area contributed by atoms with Gasteiger partial charge in [0.25, 0.3) is 0 Å². The maximum absolute atomic E-state index is 13.7. The molecule has 0 amide bonds. The third-order valence-corrected chi connectivity index (χ3v) is 15.1. The summed E-state index contributed by atoms with van der Waals surface area (Å²) in [5.74, 6) is 2.67. The van der Waals surface area contributed by atoms with Crippen molar-refractivity contribution in [2.24, 2.45) is 34.5 Å². The van der Waals surface area contributed by atoms with Crippen molar-refractivity contribution >= 4 is 10.0 Å². The quantitative estimate of drug-likeness (QED) is 0.364. The Morgan fingerprint density at radius 2 is 1.70 bits per heavy atom. The Labute approximate surface area is 256 Å². The Kier molecular flexibility index (Phi) is 7.75. The number of rotatable bonds is 4. The molecule has 0 spiro atoms. The lowest BCUT2D eigenvalue weighted by Gasteiger charge is -2.62. The zero-order valence-corrected chi connectivity index (χ0v) is 27.0. The summed E-state index contributed by atoms with van der Waals surface area (Å²) in [6.07, 6.45) is 5.06. The molecule has 1 saturated heterocycles. The third-order valence-electron chi connectivity index (χ3n) is 13.1. The van der Waals surface area contributed by atoms with E-state index in [1.807, 2.05) is 6.92 Å². The van der Waals surface area contributed by atoms with E-state index in [2.05, 4.69) is 25.3 Å². The SMILES string of the molecule is C=C1CC[C@H]2[C@@H]3CC[C@H]4C[C@@](O)(CN5CC(C)N(S(=O)(=O)c6ccccc6C(F)(F)F)CC5C)CC[C@]4(C)[C@H]3CC[C@]12C. The molecule has 1 heterocycles. The van der Waals surface area contributed by atoms with Crippen molar-refractivity contribution in [1.82, 2.24) is 9.21 Å². The smallest absolute Gasteiger partial charge is 0.389 e. The van der Waals surface area contributed by atoms with Crippen LogP contribution < -0.4 is 0 Å². The van der Waals surface area contributed by atoms with Crippen LogP contribution in [-0.4, -0.2) is 60.0 Å². The van der Waals surface area contributed by atoms with Gasteiger partial charge in [-0.25, -0.2) is 8.42 Å². The Morgan fingerprint density at radius 3 is 2.42 bits per heavy atom. The highest BCUT2D eigenvalue weighted by atomic mass is 32.2. The number of alkyl halides is 3. The third kappa shape index (κ3) is 5.12. The van der Waals surface area contributed by atoms with E-state index in [9.17, 15) is 26.7 Å². The molecule has 5 nitrogen and oxygen atoms in total. The van der Waals surface area contributed by atoms with Gasteiger partial charge in [-0.2, -0.15) is 17.5 Å². The van der Waals surface area contributed by atoms with E-state index in [1.165, 1.54) is 54.1 Å². The molecule has 0 aromatic heterocycles. The summed E-state index contributed by atoms with van der Waals surface area (Å²) in [5, 5.41) is 12.0. The number of benzene rings is 1. The van der Waals surface area contributed by atoms with Crippen LogP contribution in [0.15, 0.2) is 41.3 Å². The molecule has 1 aromatic rings.